The summed E-state index contributed by atoms with van der Waals surface area (Å²) in [6.07, 6.45) is 4.76. The van der Waals surface area contributed by atoms with Gasteiger partial charge in [0.05, 0.1) is 12.1 Å². The van der Waals surface area contributed by atoms with Crippen molar-refractivity contribution in [2.24, 2.45) is 11.8 Å². The maximum Gasteiger partial charge on any atom is 0.164 e. The second kappa shape index (κ2) is 9.96. The molecule has 4 rings (SSSR count). The highest BCUT2D eigenvalue weighted by molar-refractivity contribution is 6.51. The van der Waals surface area contributed by atoms with Crippen LogP contribution in [0.1, 0.15) is 36.1 Å². The minimum atomic E-state index is -1.61. The van der Waals surface area contributed by atoms with Gasteiger partial charge in [-0.2, -0.15) is 10.5 Å². The summed E-state index contributed by atoms with van der Waals surface area (Å²) < 4.78 is 3.65. The monoisotopic (exact) mass is 572 g/mol. The van der Waals surface area contributed by atoms with E-state index in [0.29, 0.717) is 0 Å². The highest BCUT2D eigenvalue weighted by Gasteiger charge is 2.63. The lowest BCUT2D eigenvalue weighted by Gasteiger charge is -2.53. The lowest BCUT2D eigenvalue weighted by Crippen LogP contribution is -2.63. The molecule has 0 aromatic heterocycles. The van der Waals surface area contributed by atoms with Crippen LogP contribution in [0.4, 0.5) is 0 Å². The van der Waals surface area contributed by atoms with Crippen LogP contribution in [0, 0.1) is 48.3 Å². The van der Waals surface area contributed by atoms with Crippen molar-refractivity contribution in [2.45, 2.75) is 59.4 Å². The van der Waals surface area contributed by atoms with E-state index in [0.717, 1.165) is 22.3 Å². The van der Waals surface area contributed by atoms with Gasteiger partial charge in [0.25, 0.3) is 0 Å². The zero-order valence-corrected chi connectivity index (χ0v) is 24.1. The normalized spacial score (nSPS) is 33.9. The van der Waals surface area contributed by atoms with Crippen molar-refractivity contribution >= 4 is 46.4 Å². The highest BCUT2D eigenvalue weighted by Crippen LogP contribution is 2.56. The molecule has 0 N–H and O–H groups in total. The van der Waals surface area contributed by atoms with Crippen molar-refractivity contribution in [1.29, 1.82) is 10.5 Å². The van der Waals surface area contributed by atoms with E-state index in [-0.39, 0.29) is 11.8 Å². The third-order valence-electron chi connectivity index (χ3n) is 8.00. The zero-order valence-electron chi connectivity index (χ0n) is 21.1. The molecule has 37 heavy (non-hydrogen) atoms. The Morgan fingerprint density at radius 3 is 1.35 bits per heavy atom. The van der Waals surface area contributed by atoms with Gasteiger partial charge in [-0.1, -0.05) is 121 Å². The third-order valence-corrected chi connectivity index (χ3v) is 9.30. The molecule has 192 valence electrons. The summed E-state index contributed by atoms with van der Waals surface area (Å²) in [7, 11) is 0. The van der Waals surface area contributed by atoms with Crippen LogP contribution in [0.2, 0.25) is 0 Å². The summed E-state index contributed by atoms with van der Waals surface area (Å²) in [5, 5.41) is 21.7. The SMILES string of the molecule is Cc1ccccc1C1(C#N)C(C)C=CC(Cl)(Cl)C1OC1C(Cl)(Cl)C=CC(C)C1(C#N)c1ccccc1C. The first kappa shape index (κ1) is 28.0. The standard InChI is InChI=1S/C30H28Cl4N2O/c1-19-9-5-7-11-23(19)27(17-35)21(3)13-15-29(31,32)25(27)37-26-28(18-36,22(4)14-16-30(26,33)34)24-12-8-6-10-20(24)2/h5-16,21-22,25-26H,1-4H3. The first-order chi connectivity index (χ1) is 17.4. The van der Waals surface area contributed by atoms with Gasteiger partial charge in [-0.25, -0.2) is 0 Å². The van der Waals surface area contributed by atoms with E-state index in [9.17, 15) is 10.5 Å². The molecule has 0 bridgehead atoms. The Morgan fingerprint density at radius 1 is 0.676 bits per heavy atom. The number of alkyl halides is 4. The topological polar surface area (TPSA) is 56.8 Å². The minimum absolute atomic E-state index is 0.319. The molecule has 6 unspecified atom stereocenters. The molecule has 0 aliphatic heterocycles. The summed E-state index contributed by atoms with van der Waals surface area (Å²) in [6.45, 7) is 7.74. The van der Waals surface area contributed by atoms with E-state index in [1.54, 1.807) is 12.2 Å². The molecule has 0 saturated carbocycles. The molecule has 0 heterocycles. The van der Waals surface area contributed by atoms with Crippen LogP contribution in [0.3, 0.4) is 0 Å². The number of aryl methyl sites for hydroxylation is 2. The quantitative estimate of drug-likeness (QED) is 0.274. The summed E-state index contributed by atoms with van der Waals surface area (Å²) in [6, 6.07) is 20.3. The van der Waals surface area contributed by atoms with Crippen molar-refractivity contribution < 1.29 is 4.74 Å². The molecule has 0 fully saturated rings. The van der Waals surface area contributed by atoms with Crippen molar-refractivity contribution in [1.82, 2.24) is 0 Å². The number of ether oxygens (including phenoxy) is 1. The van der Waals surface area contributed by atoms with Gasteiger partial charge in [-0.3, -0.25) is 0 Å². The van der Waals surface area contributed by atoms with Gasteiger partial charge in [0.1, 0.15) is 23.0 Å². The van der Waals surface area contributed by atoms with Crippen LogP contribution >= 0.6 is 46.4 Å². The Bertz CT molecular complexity index is 1240. The number of halogens is 4. The van der Waals surface area contributed by atoms with Crippen molar-refractivity contribution in [3.8, 4) is 12.1 Å². The summed E-state index contributed by atoms with van der Waals surface area (Å²) in [5.41, 5.74) is 0.717. The molecule has 2 aliphatic rings. The van der Waals surface area contributed by atoms with E-state index in [4.69, 9.17) is 51.1 Å². The number of benzene rings is 2. The van der Waals surface area contributed by atoms with Crippen LogP contribution < -0.4 is 0 Å². The highest BCUT2D eigenvalue weighted by atomic mass is 35.5. The Kier molecular flexibility index (Phi) is 7.55. The van der Waals surface area contributed by atoms with E-state index in [1.807, 2.05) is 88.4 Å². The first-order valence-electron chi connectivity index (χ1n) is 12.1. The van der Waals surface area contributed by atoms with Gasteiger partial charge in [-0.15, -0.1) is 0 Å². The minimum Gasteiger partial charge on any atom is -0.364 e. The van der Waals surface area contributed by atoms with Gasteiger partial charge >= 0.3 is 0 Å². The molecule has 0 radical (unpaired) electrons. The average Bonchev–Trinajstić information content (AvgIpc) is 2.86. The number of nitrogens with zero attached hydrogens (tertiary/aromatic N) is 2. The molecule has 2 aromatic carbocycles. The molecule has 7 heteroatoms. The van der Waals surface area contributed by atoms with Crippen LogP contribution in [0.5, 0.6) is 0 Å². The van der Waals surface area contributed by atoms with E-state index < -0.39 is 31.7 Å². The lowest BCUT2D eigenvalue weighted by atomic mass is 9.61. The zero-order chi connectivity index (χ0) is 27.2. The number of rotatable bonds is 4. The molecule has 2 aromatic rings. The second-order valence-corrected chi connectivity index (χ2v) is 13.0. The fourth-order valence-electron chi connectivity index (χ4n) is 5.93. The molecular weight excluding hydrogens is 546 g/mol. The Balaban J connectivity index is 2.00. The summed E-state index contributed by atoms with van der Waals surface area (Å²) in [5.74, 6) is -0.637. The van der Waals surface area contributed by atoms with Gasteiger partial charge in [0.2, 0.25) is 0 Å². The molecule has 3 nitrogen and oxygen atoms in total. The number of allylic oxidation sites excluding steroid dienone is 2. The van der Waals surface area contributed by atoms with Crippen molar-refractivity contribution in [3.63, 3.8) is 0 Å². The Hall–Kier alpha value is -1.98. The predicted molar refractivity (Wildman–Crippen MR) is 151 cm³/mol. The predicted octanol–water partition coefficient (Wildman–Crippen LogP) is 8.04. The van der Waals surface area contributed by atoms with Crippen LogP contribution in [0.15, 0.2) is 72.8 Å². The first-order valence-corrected chi connectivity index (χ1v) is 13.6. The third kappa shape index (κ3) is 4.30. The smallest absolute Gasteiger partial charge is 0.164 e. The van der Waals surface area contributed by atoms with Crippen LogP contribution in [-0.2, 0) is 15.6 Å². The Labute approximate surface area is 239 Å². The van der Waals surface area contributed by atoms with Gasteiger partial charge in [0, 0.05) is 0 Å². The van der Waals surface area contributed by atoms with Crippen molar-refractivity contribution in [2.75, 3.05) is 0 Å². The molecule has 0 amide bonds. The molecule has 0 saturated heterocycles. The molecular formula is C30H28Cl4N2O. The number of hydrogen-bond acceptors (Lipinski definition) is 3. The molecule has 0 spiro atoms. The van der Waals surface area contributed by atoms with E-state index >= 15 is 0 Å². The maximum absolute atomic E-state index is 10.8. The van der Waals surface area contributed by atoms with Gasteiger partial charge < -0.3 is 4.74 Å². The summed E-state index contributed by atoms with van der Waals surface area (Å²) in [4.78, 5) is 0. The van der Waals surface area contributed by atoms with E-state index in [1.165, 1.54) is 0 Å². The van der Waals surface area contributed by atoms with Crippen molar-refractivity contribution in [3.05, 3.63) is 95.1 Å². The second-order valence-electron chi connectivity index (χ2n) is 10.1. The lowest BCUT2D eigenvalue weighted by molar-refractivity contribution is -0.0894. The van der Waals surface area contributed by atoms with Gasteiger partial charge in [-0.05, 0) is 60.1 Å². The maximum atomic E-state index is 10.8. The summed E-state index contributed by atoms with van der Waals surface area (Å²) >= 11 is 27.8. The number of hydrogen-bond donors (Lipinski definition) is 0. The molecule has 2 aliphatic carbocycles. The van der Waals surface area contributed by atoms with Crippen LogP contribution in [0.25, 0.3) is 0 Å². The molecule has 6 atom stereocenters. The fraction of sp³-hybridized carbons (Fsp3) is 0.400. The fourth-order valence-corrected chi connectivity index (χ4v) is 7.11. The average molecular weight is 574 g/mol. The largest absolute Gasteiger partial charge is 0.364 e. The van der Waals surface area contributed by atoms with Crippen LogP contribution in [-0.4, -0.2) is 20.9 Å². The Morgan fingerprint density at radius 2 is 1.03 bits per heavy atom. The van der Waals surface area contributed by atoms with E-state index in [2.05, 4.69) is 12.1 Å². The van der Waals surface area contributed by atoms with Gasteiger partial charge in [0.15, 0.2) is 8.67 Å². The number of nitriles is 2.